The predicted octanol–water partition coefficient (Wildman–Crippen LogP) is 2.29. The Morgan fingerprint density at radius 2 is 2.00 bits per heavy atom. The minimum atomic E-state index is -1.72. The third-order valence-corrected chi connectivity index (χ3v) is 8.09. The normalized spacial score (nSPS) is 48.1. The Hall–Kier alpha value is -1.70. The number of Topliss-reactive ketones (excluding diaryl/α,β-unsaturated/α-hetero) is 1. The van der Waals surface area contributed by atoms with Gasteiger partial charge in [0.05, 0.1) is 19.6 Å². The second-order valence-electron chi connectivity index (χ2n) is 9.34. The summed E-state index contributed by atoms with van der Waals surface area (Å²) in [7, 11) is 1.25. The highest BCUT2D eigenvalue weighted by molar-refractivity contribution is 5.91. The van der Waals surface area contributed by atoms with Gasteiger partial charge in [-0.1, -0.05) is 13.8 Å². The molecular weight excluding hydrogens is 364 g/mol. The van der Waals surface area contributed by atoms with Crippen molar-refractivity contribution in [3.63, 3.8) is 0 Å². The molecule has 7 nitrogen and oxygen atoms in total. The fourth-order valence-electron chi connectivity index (χ4n) is 6.26. The lowest BCUT2D eigenvalue weighted by molar-refractivity contribution is -0.330. The molecule has 0 bridgehead atoms. The lowest BCUT2D eigenvalue weighted by Gasteiger charge is -2.64. The first-order chi connectivity index (χ1) is 13.0. The van der Waals surface area contributed by atoms with E-state index in [0.717, 1.165) is 0 Å². The maximum absolute atomic E-state index is 12.9. The summed E-state index contributed by atoms with van der Waals surface area (Å²) in [6.45, 7) is 5.56. The van der Waals surface area contributed by atoms with Crippen molar-refractivity contribution >= 4 is 11.8 Å². The molecule has 2 saturated carbocycles. The van der Waals surface area contributed by atoms with Gasteiger partial charge < -0.3 is 24.1 Å². The summed E-state index contributed by atoms with van der Waals surface area (Å²) >= 11 is 0. The van der Waals surface area contributed by atoms with E-state index in [1.54, 1.807) is 13.0 Å². The summed E-state index contributed by atoms with van der Waals surface area (Å²) in [5, 5.41) is 23.5. The Bertz CT molecular complexity index is 819. The van der Waals surface area contributed by atoms with Gasteiger partial charge in [-0.25, -0.2) is 0 Å². The average Bonchev–Trinajstić information content (AvgIpc) is 3.24. The molecule has 2 N–H and O–H groups in total. The number of ether oxygens (including phenoxy) is 2. The Balaban J connectivity index is 1.95. The molecule has 3 fully saturated rings. The van der Waals surface area contributed by atoms with Crippen molar-refractivity contribution in [2.75, 3.05) is 7.11 Å². The van der Waals surface area contributed by atoms with Crippen molar-refractivity contribution in [1.29, 1.82) is 0 Å². The zero-order valence-electron chi connectivity index (χ0n) is 16.8. The van der Waals surface area contributed by atoms with Gasteiger partial charge >= 0.3 is 5.97 Å². The second kappa shape index (κ2) is 5.68. The third kappa shape index (κ3) is 2.05. The Labute approximate surface area is 164 Å². The largest absolute Gasteiger partial charge is 0.472 e. The van der Waals surface area contributed by atoms with Crippen LogP contribution in [-0.2, 0) is 24.8 Å². The highest BCUT2D eigenvalue weighted by Crippen LogP contribution is 2.71. The molecule has 1 saturated heterocycles. The first-order valence-electron chi connectivity index (χ1n) is 9.76. The molecule has 0 radical (unpaired) electrons. The molecule has 6 atom stereocenters. The third-order valence-electron chi connectivity index (χ3n) is 8.09. The van der Waals surface area contributed by atoms with Crippen LogP contribution in [0.5, 0.6) is 0 Å². The van der Waals surface area contributed by atoms with Crippen LogP contribution in [0.4, 0.5) is 0 Å². The lowest BCUT2D eigenvalue weighted by atomic mass is 9.43. The van der Waals surface area contributed by atoms with Crippen LogP contribution < -0.4 is 0 Å². The molecular formula is C21H28O7. The molecule has 1 aromatic heterocycles. The maximum Gasteiger partial charge on any atom is 0.315 e. The van der Waals surface area contributed by atoms with E-state index in [4.69, 9.17) is 13.9 Å². The maximum atomic E-state index is 12.9. The summed E-state index contributed by atoms with van der Waals surface area (Å²) in [4.78, 5) is 25.7. The van der Waals surface area contributed by atoms with Crippen molar-refractivity contribution < 1.29 is 33.7 Å². The summed E-state index contributed by atoms with van der Waals surface area (Å²) in [5.41, 5.74) is -4.83. The molecule has 0 amide bonds. The van der Waals surface area contributed by atoms with Crippen molar-refractivity contribution in [3.8, 4) is 0 Å². The zero-order chi connectivity index (χ0) is 20.6. The number of rotatable bonds is 2. The standard InChI is InChI=1S/C21H28O7/c1-13-5-7-20(25)17(2,16(23)26-4)9-15(22)10-21(20)18(13,3)12-19(24,28-21)14-6-8-27-11-14/h6,8,11,13,24-25H,5,7,9-10,12H2,1-4H3/t13-,17-,18+,19-,20-,21+/m1/s1. The number of carbonyl (C=O) groups excluding carboxylic acids is 2. The molecule has 1 aromatic rings. The molecule has 4 rings (SSSR count). The van der Waals surface area contributed by atoms with Gasteiger partial charge in [0.25, 0.3) is 0 Å². The van der Waals surface area contributed by atoms with E-state index in [-0.39, 0.29) is 37.4 Å². The van der Waals surface area contributed by atoms with Gasteiger partial charge in [0, 0.05) is 30.2 Å². The molecule has 2 aliphatic carbocycles. The first-order valence-corrected chi connectivity index (χ1v) is 9.76. The number of aliphatic hydroxyl groups is 2. The highest BCUT2D eigenvalue weighted by atomic mass is 16.7. The van der Waals surface area contributed by atoms with Gasteiger partial charge in [-0.3, -0.25) is 9.59 Å². The fourth-order valence-corrected chi connectivity index (χ4v) is 6.26. The van der Waals surface area contributed by atoms with Gasteiger partial charge in [-0.2, -0.15) is 0 Å². The highest BCUT2D eigenvalue weighted by Gasteiger charge is 2.80. The summed E-state index contributed by atoms with van der Waals surface area (Å²) < 4.78 is 16.5. The predicted molar refractivity (Wildman–Crippen MR) is 96.9 cm³/mol. The van der Waals surface area contributed by atoms with E-state index in [2.05, 4.69) is 0 Å². The molecule has 0 aromatic carbocycles. The van der Waals surface area contributed by atoms with Crippen LogP contribution in [0, 0.1) is 16.7 Å². The van der Waals surface area contributed by atoms with Crippen LogP contribution in [0.2, 0.25) is 0 Å². The van der Waals surface area contributed by atoms with Gasteiger partial charge in [-0.05, 0) is 31.7 Å². The van der Waals surface area contributed by atoms with E-state index in [1.165, 1.54) is 19.6 Å². The van der Waals surface area contributed by atoms with Crippen LogP contribution in [0.3, 0.4) is 0 Å². The minimum absolute atomic E-state index is 0.0569. The summed E-state index contributed by atoms with van der Waals surface area (Å²) in [6, 6.07) is 1.62. The van der Waals surface area contributed by atoms with E-state index in [0.29, 0.717) is 12.0 Å². The van der Waals surface area contributed by atoms with Crippen LogP contribution in [0.15, 0.2) is 23.0 Å². The number of ketones is 1. The SMILES string of the molecule is COC(=O)[C@@]1(C)CC(=O)C[C@]23O[C@@](O)(c4ccoc4)C[C@@]2(C)[C@H](C)CC[C@]31O. The van der Waals surface area contributed by atoms with Crippen molar-refractivity contribution in [1.82, 2.24) is 0 Å². The molecule has 28 heavy (non-hydrogen) atoms. The topological polar surface area (TPSA) is 106 Å². The Morgan fingerprint density at radius 3 is 2.61 bits per heavy atom. The summed E-state index contributed by atoms with van der Waals surface area (Å²) in [6.07, 6.45) is 3.79. The van der Waals surface area contributed by atoms with E-state index >= 15 is 0 Å². The van der Waals surface area contributed by atoms with E-state index in [1.807, 2.05) is 13.8 Å². The zero-order valence-corrected chi connectivity index (χ0v) is 16.8. The lowest BCUT2D eigenvalue weighted by Crippen LogP contribution is -2.76. The molecule has 2 heterocycles. The number of hydrogen-bond donors (Lipinski definition) is 2. The Morgan fingerprint density at radius 1 is 1.29 bits per heavy atom. The van der Waals surface area contributed by atoms with Crippen LogP contribution in [-0.4, -0.2) is 40.3 Å². The monoisotopic (exact) mass is 392 g/mol. The number of methoxy groups -OCH3 is 1. The minimum Gasteiger partial charge on any atom is -0.472 e. The molecule has 1 aliphatic heterocycles. The van der Waals surface area contributed by atoms with Crippen LogP contribution in [0.1, 0.15) is 58.4 Å². The van der Waals surface area contributed by atoms with Crippen LogP contribution in [0.25, 0.3) is 0 Å². The molecule has 1 spiro atoms. The fraction of sp³-hybridized carbons (Fsp3) is 0.714. The van der Waals surface area contributed by atoms with Crippen LogP contribution >= 0.6 is 0 Å². The van der Waals surface area contributed by atoms with Gasteiger partial charge in [0.1, 0.15) is 22.4 Å². The molecule has 154 valence electrons. The van der Waals surface area contributed by atoms with Crippen molar-refractivity contribution in [2.45, 2.75) is 69.9 Å². The van der Waals surface area contributed by atoms with Gasteiger partial charge in [0.2, 0.25) is 0 Å². The van der Waals surface area contributed by atoms with Crippen molar-refractivity contribution in [3.05, 3.63) is 24.2 Å². The van der Waals surface area contributed by atoms with Crippen molar-refractivity contribution in [2.24, 2.45) is 16.7 Å². The number of carbonyl (C=O) groups is 2. The Kier molecular flexibility index (Phi) is 3.98. The smallest absolute Gasteiger partial charge is 0.315 e. The molecule has 7 heteroatoms. The number of esters is 1. The average molecular weight is 392 g/mol. The summed E-state index contributed by atoms with van der Waals surface area (Å²) in [5.74, 6) is -2.49. The first kappa shape index (κ1) is 19.6. The second-order valence-corrected chi connectivity index (χ2v) is 9.34. The van der Waals surface area contributed by atoms with Gasteiger partial charge in [-0.15, -0.1) is 0 Å². The molecule has 3 aliphatic rings. The quantitative estimate of drug-likeness (QED) is 0.744. The number of hydrogen-bond acceptors (Lipinski definition) is 7. The van der Waals surface area contributed by atoms with E-state index < -0.39 is 33.8 Å². The van der Waals surface area contributed by atoms with E-state index in [9.17, 15) is 19.8 Å². The molecule has 0 unspecified atom stereocenters. The number of furan rings is 1. The van der Waals surface area contributed by atoms with Gasteiger partial charge in [0.15, 0.2) is 5.79 Å².